The number of nitrogens with zero attached hydrogens (tertiary/aromatic N) is 1. The Bertz CT molecular complexity index is 592. The van der Waals surface area contributed by atoms with Gasteiger partial charge in [-0.25, -0.2) is 4.39 Å². The Balaban J connectivity index is 2.46. The van der Waals surface area contributed by atoms with Crippen LogP contribution in [0.4, 0.5) is 4.39 Å². The van der Waals surface area contributed by atoms with Gasteiger partial charge in [-0.15, -0.1) is 0 Å². The molecular formula is C16H18FNO3. The third kappa shape index (κ3) is 2.82. The minimum atomic E-state index is -0.637. The number of carbonyl (C=O) groups is 2. The van der Waals surface area contributed by atoms with Crippen LogP contribution in [0.3, 0.4) is 0 Å². The van der Waals surface area contributed by atoms with Crippen molar-refractivity contribution in [3.8, 4) is 0 Å². The molecule has 4 nitrogen and oxygen atoms in total. The molecule has 0 fully saturated rings. The smallest absolute Gasteiger partial charge is 0.290 e. The van der Waals surface area contributed by atoms with Crippen LogP contribution in [-0.4, -0.2) is 28.2 Å². The maximum Gasteiger partial charge on any atom is 0.290 e. The summed E-state index contributed by atoms with van der Waals surface area (Å²) in [4.78, 5) is 25.4. The summed E-state index contributed by atoms with van der Waals surface area (Å²) in [6.07, 6.45) is 1.65. The van der Waals surface area contributed by atoms with E-state index in [4.69, 9.17) is 0 Å². The Labute approximate surface area is 122 Å². The van der Waals surface area contributed by atoms with E-state index in [1.165, 1.54) is 36.1 Å². The molecule has 1 atom stereocenters. The fraction of sp³-hybridized carbons (Fsp3) is 0.375. The lowest BCUT2D eigenvalue weighted by atomic mass is 9.96. The first kappa shape index (κ1) is 15.2. The summed E-state index contributed by atoms with van der Waals surface area (Å²) in [5.41, 5.74) is 0.706. The first-order valence-corrected chi connectivity index (χ1v) is 6.97. The van der Waals surface area contributed by atoms with Gasteiger partial charge in [0.15, 0.2) is 11.5 Å². The summed E-state index contributed by atoms with van der Waals surface area (Å²) in [6, 6.07) is 5.00. The van der Waals surface area contributed by atoms with E-state index in [1.54, 1.807) is 0 Å². The van der Waals surface area contributed by atoms with Crippen molar-refractivity contribution >= 4 is 11.7 Å². The molecule has 1 amide bonds. The molecule has 0 saturated heterocycles. The molecule has 1 aliphatic rings. The lowest BCUT2D eigenvalue weighted by Gasteiger charge is -2.26. The van der Waals surface area contributed by atoms with Crippen molar-refractivity contribution in [3.63, 3.8) is 0 Å². The Hall–Kier alpha value is -2.17. The molecule has 0 bridgehead atoms. The number of amides is 1. The van der Waals surface area contributed by atoms with Gasteiger partial charge >= 0.3 is 0 Å². The molecule has 0 aliphatic carbocycles. The first-order valence-electron chi connectivity index (χ1n) is 6.97. The fourth-order valence-corrected chi connectivity index (χ4v) is 2.56. The average molecular weight is 291 g/mol. The Morgan fingerprint density at radius 2 is 1.95 bits per heavy atom. The van der Waals surface area contributed by atoms with Crippen molar-refractivity contribution < 1.29 is 19.1 Å². The van der Waals surface area contributed by atoms with Gasteiger partial charge in [-0.05, 0) is 31.0 Å². The molecular weight excluding hydrogens is 273 g/mol. The minimum Gasteiger partial charge on any atom is -0.503 e. The number of Topliss-reactive ketones (excluding diaryl/α,β-unsaturated/α-hetero) is 1. The number of carbonyl (C=O) groups excluding carboxylic acids is 2. The lowest BCUT2D eigenvalue weighted by molar-refractivity contribution is -0.129. The van der Waals surface area contributed by atoms with Crippen molar-refractivity contribution in [2.45, 2.75) is 32.7 Å². The van der Waals surface area contributed by atoms with E-state index in [0.717, 1.165) is 12.8 Å². The summed E-state index contributed by atoms with van der Waals surface area (Å²) in [5, 5.41) is 9.98. The van der Waals surface area contributed by atoms with Gasteiger partial charge in [0.1, 0.15) is 5.82 Å². The quantitative estimate of drug-likeness (QED) is 0.907. The highest BCUT2D eigenvalue weighted by Crippen LogP contribution is 2.37. The molecule has 0 saturated carbocycles. The highest BCUT2D eigenvalue weighted by Gasteiger charge is 2.41. The van der Waals surface area contributed by atoms with Gasteiger partial charge < -0.3 is 10.0 Å². The van der Waals surface area contributed by atoms with Crippen molar-refractivity contribution in [3.05, 3.63) is 47.0 Å². The standard InChI is InChI=1S/C16H18FNO3/c1-3-4-9-18-14(11-5-7-12(17)8-6-11)13(10(2)19)15(20)16(18)21/h5-8,14,20H,3-4,9H2,1-2H3. The molecule has 1 aromatic carbocycles. The molecule has 1 aliphatic heterocycles. The number of benzene rings is 1. The molecule has 0 radical (unpaired) electrons. The van der Waals surface area contributed by atoms with Crippen LogP contribution in [0.15, 0.2) is 35.6 Å². The van der Waals surface area contributed by atoms with E-state index in [1.807, 2.05) is 6.92 Å². The second-order valence-corrected chi connectivity index (χ2v) is 5.12. The number of aliphatic hydroxyl groups excluding tert-OH is 1. The van der Waals surface area contributed by atoms with E-state index in [-0.39, 0.29) is 17.2 Å². The number of hydrogen-bond acceptors (Lipinski definition) is 3. The third-order valence-electron chi connectivity index (χ3n) is 3.62. The van der Waals surface area contributed by atoms with Crippen molar-refractivity contribution in [2.75, 3.05) is 6.54 Å². The highest BCUT2D eigenvalue weighted by atomic mass is 19.1. The topological polar surface area (TPSA) is 57.6 Å². The number of ketones is 1. The van der Waals surface area contributed by atoms with Gasteiger partial charge in [0.25, 0.3) is 5.91 Å². The van der Waals surface area contributed by atoms with Crippen LogP contribution >= 0.6 is 0 Å². The summed E-state index contributed by atoms with van der Waals surface area (Å²) in [5.74, 6) is -1.77. The van der Waals surface area contributed by atoms with Crippen molar-refractivity contribution in [1.82, 2.24) is 4.90 Å². The van der Waals surface area contributed by atoms with Crippen LogP contribution in [0.1, 0.15) is 38.3 Å². The number of unbranched alkanes of at least 4 members (excludes halogenated alkanes) is 1. The average Bonchev–Trinajstić information content (AvgIpc) is 2.70. The fourth-order valence-electron chi connectivity index (χ4n) is 2.56. The molecule has 1 unspecified atom stereocenters. The second-order valence-electron chi connectivity index (χ2n) is 5.12. The largest absolute Gasteiger partial charge is 0.503 e. The highest BCUT2D eigenvalue weighted by molar-refractivity contribution is 6.08. The zero-order valence-electron chi connectivity index (χ0n) is 12.1. The minimum absolute atomic E-state index is 0.0858. The number of aliphatic hydroxyl groups is 1. The first-order chi connectivity index (χ1) is 9.97. The monoisotopic (exact) mass is 291 g/mol. The molecule has 0 spiro atoms. The summed E-state index contributed by atoms with van der Waals surface area (Å²) < 4.78 is 13.1. The van der Waals surface area contributed by atoms with Gasteiger partial charge in [-0.2, -0.15) is 0 Å². The molecule has 5 heteroatoms. The zero-order chi connectivity index (χ0) is 15.6. The molecule has 21 heavy (non-hydrogen) atoms. The normalized spacial score (nSPS) is 18.5. The van der Waals surface area contributed by atoms with E-state index in [2.05, 4.69) is 0 Å². The predicted octanol–water partition coefficient (Wildman–Crippen LogP) is 2.91. The zero-order valence-corrected chi connectivity index (χ0v) is 12.1. The number of hydrogen-bond donors (Lipinski definition) is 1. The molecule has 112 valence electrons. The van der Waals surface area contributed by atoms with E-state index >= 15 is 0 Å². The lowest BCUT2D eigenvalue weighted by Crippen LogP contribution is -2.31. The van der Waals surface area contributed by atoms with E-state index in [9.17, 15) is 19.1 Å². The number of rotatable bonds is 5. The Kier molecular flexibility index (Phi) is 4.40. The molecule has 1 heterocycles. The van der Waals surface area contributed by atoms with Crippen LogP contribution in [0.2, 0.25) is 0 Å². The van der Waals surface area contributed by atoms with Crippen LogP contribution < -0.4 is 0 Å². The Morgan fingerprint density at radius 3 is 2.48 bits per heavy atom. The SMILES string of the molecule is CCCCN1C(=O)C(O)=C(C(C)=O)C1c1ccc(F)cc1. The number of halogens is 1. The molecule has 1 N–H and O–H groups in total. The summed E-state index contributed by atoms with van der Waals surface area (Å²) >= 11 is 0. The van der Waals surface area contributed by atoms with Crippen LogP contribution in [0.25, 0.3) is 0 Å². The molecule has 1 aromatic rings. The van der Waals surface area contributed by atoms with Gasteiger partial charge in [0, 0.05) is 6.54 Å². The second kappa shape index (κ2) is 6.08. The van der Waals surface area contributed by atoms with Gasteiger partial charge in [0.05, 0.1) is 11.6 Å². The van der Waals surface area contributed by atoms with Crippen LogP contribution in [0, 0.1) is 5.82 Å². The summed E-state index contributed by atoms with van der Waals surface area (Å²) in [7, 11) is 0. The molecule has 0 aromatic heterocycles. The van der Waals surface area contributed by atoms with E-state index in [0.29, 0.717) is 12.1 Å². The maximum absolute atomic E-state index is 13.1. The Morgan fingerprint density at radius 1 is 1.33 bits per heavy atom. The molecule has 2 rings (SSSR count). The van der Waals surface area contributed by atoms with E-state index < -0.39 is 17.7 Å². The van der Waals surface area contributed by atoms with Crippen molar-refractivity contribution in [2.24, 2.45) is 0 Å². The van der Waals surface area contributed by atoms with Crippen LogP contribution in [0.5, 0.6) is 0 Å². The maximum atomic E-state index is 13.1. The van der Waals surface area contributed by atoms with Gasteiger partial charge in [-0.1, -0.05) is 25.5 Å². The third-order valence-corrected chi connectivity index (χ3v) is 3.62. The summed E-state index contributed by atoms with van der Waals surface area (Å²) in [6.45, 7) is 3.75. The van der Waals surface area contributed by atoms with Crippen LogP contribution in [-0.2, 0) is 9.59 Å². The predicted molar refractivity (Wildman–Crippen MR) is 76.1 cm³/mol. The van der Waals surface area contributed by atoms with Crippen molar-refractivity contribution in [1.29, 1.82) is 0 Å². The van der Waals surface area contributed by atoms with Gasteiger partial charge in [-0.3, -0.25) is 9.59 Å². The van der Waals surface area contributed by atoms with Gasteiger partial charge in [0.2, 0.25) is 0 Å².